The predicted octanol–water partition coefficient (Wildman–Crippen LogP) is 3.81. The maximum atomic E-state index is 12.6. The van der Waals surface area contributed by atoms with Gasteiger partial charge in [-0.05, 0) is 25.0 Å². The molecular formula is C19H20F3N3O3S. The molecule has 0 saturated carbocycles. The molecule has 0 bridgehead atoms. The van der Waals surface area contributed by atoms with Crippen LogP contribution in [0.1, 0.15) is 25.0 Å². The number of anilines is 1. The molecule has 29 heavy (non-hydrogen) atoms. The lowest BCUT2D eigenvalue weighted by molar-refractivity contribution is -0.140. The second kappa shape index (κ2) is 9.25. The van der Waals surface area contributed by atoms with Gasteiger partial charge in [-0.15, -0.1) is 11.3 Å². The van der Waals surface area contributed by atoms with Gasteiger partial charge in [0.1, 0.15) is 5.75 Å². The molecule has 156 valence electrons. The molecule has 0 spiro atoms. The van der Waals surface area contributed by atoms with Crippen LogP contribution in [-0.4, -0.2) is 41.4 Å². The maximum Gasteiger partial charge on any atom is 0.434 e. The first-order valence-corrected chi connectivity index (χ1v) is 10.00. The first-order valence-electron chi connectivity index (χ1n) is 9.12. The van der Waals surface area contributed by atoms with Crippen molar-refractivity contribution < 1.29 is 27.5 Å². The molecule has 10 heteroatoms. The number of thiazole rings is 1. The number of piperidine rings is 1. The lowest BCUT2D eigenvalue weighted by Gasteiger charge is -2.31. The van der Waals surface area contributed by atoms with E-state index in [0.29, 0.717) is 31.7 Å². The number of amides is 2. The van der Waals surface area contributed by atoms with Gasteiger partial charge in [-0.3, -0.25) is 9.59 Å². The van der Waals surface area contributed by atoms with Crippen LogP contribution in [0.4, 0.5) is 18.3 Å². The monoisotopic (exact) mass is 427 g/mol. The van der Waals surface area contributed by atoms with Crippen LogP contribution in [0.5, 0.6) is 5.75 Å². The first-order chi connectivity index (χ1) is 13.8. The van der Waals surface area contributed by atoms with E-state index >= 15 is 0 Å². The minimum Gasteiger partial charge on any atom is -0.493 e. The van der Waals surface area contributed by atoms with Crippen LogP contribution in [0, 0.1) is 5.92 Å². The molecule has 2 aromatic rings. The van der Waals surface area contributed by atoms with Gasteiger partial charge in [0.2, 0.25) is 11.8 Å². The van der Waals surface area contributed by atoms with Crippen LogP contribution >= 0.6 is 11.3 Å². The van der Waals surface area contributed by atoms with Crippen LogP contribution in [-0.2, 0) is 15.8 Å². The summed E-state index contributed by atoms with van der Waals surface area (Å²) in [5, 5.41) is 3.24. The molecule has 3 rings (SSSR count). The number of hydrogen-bond acceptors (Lipinski definition) is 5. The van der Waals surface area contributed by atoms with Gasteiger partial charge in [0.05, 0.1) is 13.0 Å². The third-order valence-corrected chi connectivity index (χ3v) is 5.33. The Morgan fingerprint density at radius 1 is 1.21 bits per heavy atom. The lowest BCUT2D eigenvalue weighted by Crippen LogP contribution is -2.41. The smallest absolute Gasteiger partial charge is 0.434 e. The molecule has 0 radical (unpaired) electrons. The Labute approximate surface area is 169 Å². The van der Waals surface area contributed by atoms with Crippen LogP contribution in [0.15, 0.2) is 35.7 Å². The molecule has 1 aliphatic rings. The topological polar surface area (TPSA) is 71.5 Å². The Kier molecular flexibility index (Phi) is 6.73. The molecule has 1 aromatic heterocycles. The van der Waals surface area contributed by atoms with Gasteiger partial charge in [-0.1, -0.05) is 18.2 Å². The molecule has 1 aromatic carbocycles. The van der Waals surface area contributed by atoms with E-state index < -0.39 is 11.9 Å². The lowest BCUT2D eigenvalue weighted by atomic mass is 9.96. The van der Waals surface area contributed by atoms with Crippen molar-refractivity contribution in [1.29, 1.82) is 0 Å². The Morgan fingerprint density at radius 2 is 1.90 bits per heavy atom. The number of likely N-dealkylation sites (tertiary alicyclic amines) is 1. The number of halogens is 3. The van der Waals surface area contributed by atoms with E-state index in [2.05, 4.69) is 10.3 Å². The summed E-state index contributed by atoms with van der Waals surface area (Å²) in [7, 11) is 0. The standard InChI is InChI=1S/C19H20F3N3O3S/c20-19(21,22)15-12-29-18(23-15)24-17(27)13-6-9-25(10-7-13)16(26)8-11-28-14-4-2-1-3-5-14/h1-5,12-13H,6-11H2,(H,23,24,27). The zero-order valence-corrected chi connectivity index (χ0v) is 16.3. The summed E-state index contributed by atoms with van der Waals surface area (Å²) >= 11 is 0.740. The van der Waals surface area contributed by atoms with Crippen molar-refractivity contribution in [2.45, 2.75) is 25.4 Å². The highest BCUT2D eigenvalue weighted by Gasteiger charge is 2.34. The van der Waals surface area contributed by atoms with Gasteiger partial charge in [0, 0.05) is 24.4 Å². The molecule has 0 atom stereocenters. The second-order valence-electron chi connectivity index (χ2n) is 6.59. The first kappa shape index (κ1) is 21.1. The van der Waals surface area contributed by atoms with Crippen molar-refractivity contribution in [1.82, 2.24) is 9.88 Å². The number of rotatable bonds is 6. The molecule has 0 aliphatic carbocycles. The highest BCUT2D eigenvalue weighted by atomic mass is 32.1. The molecule has 6 nitrogen and oxygen atoms in total. The highest BCUT2D eigenvalue weighted by Crippen LogP contribution is 2.32. The normalized spacial score (nSPS) is 15.2. The number of carbonyl (C=O) groups excluding carboxylic acids is 2. The zero-order valence-electron chi connectivity index (χ0n) is 15.4. The molecule has 0 unspecified atom stereocenters. The average Bonchev–Trinajstić information content (AvgIpc) is 3.18. The van der Waals surface area contributed by atoms with Crippen LogP contribution < -0.4 is 10.1 Å². The van der Waals surface area contributed by atoms with E-state index in [0.717, 1.165) is 16.7 Å². The number of ether oxygens (including phenoxy) is 1. The van der Waals surface area contributed by atoms with Gasteiger partial charge in [-0.25, -0.2) is 4.98 Å². The van der Waals surface area contributed by atoms with E-state index in [1.165, 1.54) is 0 Å². The van der Waals surface area contributed by atoms with Crippen molar-refractivity contribution in [2.24, 2.45) is 5.92 Å². The van der Waals surface area contributed by atoms with E-state index in [4.69, 9.17) is 4.74 Å². The Bertz CT molecular complexity index is 834. The van der Waals surface area contributed by atoms with Gasteiger partial charge in [-0.2, -0.15) is 13.2 Å². The number of aromatic nitrogens is 1. The second-order valence-corrected chi connectivity index (χ2v) is 7.45. The Morgan fingerprint density at radius 3 is 2.52 bits per heavy atom. The zero-order chi connectivity index (χ0) is 20.9. The number of nitrogens with zero attached hydrogens (tertiary/aromatic N) is 2. The Balaban J connectivity index is 1.40. The van der Waals surface area contributed by atoms with Crippen molar-refractivity contribution in [2.75, 3.05) is 25.0 Å². The summed E-state index contributed by atoms with van der Waals surface area (Å²) in [5.74, 6) is -0.0773. The number of alkyl halides is 3. The van der Waals surface area contributed by atoms with Gasteiger partial charge in [0.25, 0.3) is 0 Å². The minimum atomic E-state index is -4.53. The van der Waals surface area contributed by atoms with Crippen LogP contribution in [0.2, 0.25) is 0 Å². The number of para-hydroxylation sites is 1. The summed E-state index contributed by atoms with van der Waals surface area (Å²) < 4.78 is 43.3. The summed E-state index contributed by atoms with van der Waals surface area (Å²) in [5.41, 5.74) is -1.02. The van der Waals surface area contributed by atoms with Crippen LogP contribution in [0.25, 0.3) is 0 Å². The fraction of sp³-hybridized carbons (Fsp3) is 0.421. The third kappa shape index (κ3) is 5.93. The third-order valence-electron chi connectivity index (χ3n) is 4.57. The van der Waals surface area contributed by atoms with Crippen LogP contribution in [0.3, 0.4) is 0 Å². The molecule has 1 aliphatic heterocycles. The molecule has 1 saturated heterocycles. The van der Waals surface area contributed by atoms with Crippen molar-refractivity contribution >= 4 is 28.3 Å². The van der Waals surface area contributed by atoms with Crippen molar-refractivity contribution in [3.8, 4) is 5.75 Å². The van der Waals surface area contributed by atoms with E-state index in [9.17, 15) is 22.8 Å². The minimum absolute atomic E-state index is 0.0467. The molecule has 1 N–H and O–H groups in total. The predicted molar refractivity (Wildman–Crippen MR) is 102 cm³/mol. The fourth-order valence-electron chi connectivity index (χ4n) is 2.99. The molecule has 2 heterocycles. The van der Waals surface area contributed by atoms with Gasteiger partial charge in [0.15, 0.2) is 10.8 Å². The summed E-state index contributed by atoms with van der Waals surface area (Å²) in [4.78, 5) is 29.7. The van der Waals surface area contributed by atoms with Gasteiger partial charge < -0.3 is 15.0 Å². The summed E-state index contributed by atoms with van der Waals surface area (Å²) in [6.45, 7) is 1.12. The highest BCUT2D eigenvalue weighted by molar-refractivity contribution is 7.13. The maximum absolute atomic E-state index is 12.6. The summed E-state index contributed by atoms with van der Waals surface area (Å²) in [6.07, 6.45) is -3.39. The molecule has 1 fully saturated rings. The van der Waals surface area contributed by atoms with Crippen molar-refractivity contribution in [3.05, 3.63) is 41.4 Å². The largest absolute Gasteiger partial charge is 0.493 e. The average molecular weight is 427 g/mol. The van der Waals surface area contributed by atoms with E-state index in [-0.39, 0.29) is 35.9 Å². The van der Waals surface area contributed by atoms with E-state index in [1.54, 1.807) is 4.90 Å². The number of benzene rings is 1. The summed E-state index contributed by atoms with van der Waals surface area (Å²) in [6, 6.07) is 9.21. The Hall–Kier alpha value is -2.62. The number of nitrogens with one attached hydrogen (secondary N) is 1. The SMILES string of the molecule is O=C(Nc1nc(C(F)(F)F)cs1)C1CCN(C(=O)CCOc2ccccc2)CC1. The fourth-order valence-corrected chi connectivity index (χ4v) is 3.71. The van der Waals surface area contributed by atoms with Gasteiger partial charge >= 0.3 is 6.18 Å². The quantitative estimate of drug-likeness (QED) is 0.761. The molecular weight excluding hydrogens is 407 g/mol. The number of carbonyl (C=O) groups is 2. The number of hydrogen-bond donors (Lipinski definition) is 1. The van der Waals surface area contributed by atoms with E-state index in [1.807, 2.05) is 30.3 Å². The molecule has 2 amide bonds. The van der Waals surface area contributed by atoms with Crippen molar-refractivity contribution in [3.63, 3.8) is 0 Å².